The maximum absolute atomic E-state index is 12.5. The highest BCUT2D eigenvalue weighted by molar-refractivity contribution is 6.30. The summed E-state index contributed by atoms with van der Waals surface area (Å²) in [6, 6.07) is 7.23. The fourth-order valence-corrected chi connectivity index (χ4v) is 2.07. The Morgan fingerprint density at radius 2 is 1.86 bits per heavy atom. The van der Waals surface area contributed by atoms with Crippen molar-refractivity contribution in [2.45, 2.75) is 40.3 Å². The molecule has 0 atom stereocenters. The van der Waals surface area contributed by atoms with E-state index in [1.807, 2.05) is 26.0 Å². The average molecular weight is 310 g/mol. The van der Waals surface area contributed by atoms with Crippen molar-refractivity contribution in [2.24, 2.45) is 0 Å². The van der Waals surface area contributed by atoms with Crippen molar-refractivity contribution >= 4 is 23.5 Å². The molecule has 5 heteroatoms. The number of carbonyl (C=O) groups is 2. The number of rotatable bonds is 5. The zero-order valence-electron chi connectivity index (χ0n) is 12.7. The lowest BCUT2D eigenvalue weighted by Crippen LogP contribution is -2.37. The van der Waals surface area contributed by atoms with E-state index in [4.69, 9.17) is 16.7 Å². The Labute approximate surface area is 130 Å². The third kappa shape index (κ3) is 4.60. The molecule has 1 rings (SSSR count). The predicted octanol–water partition coefficient (Wildman–Crippen LogP) is 3.50. The molecular weight excluding hydrogens is 290 g/mol. The fraction of sp³-hybridized carbons (Fsp3) is 0.375. The zero-order chi connectivity index (χ0) is 16.2. The van der Waals surface area contributed by atoms with Crippen LogP contribution in [0.4, 0.5) is 0 Å². The van der Waals surface area contributed by atoms with Crippen molar-refractivity contribution in [3.05, 3.63) is 46.0 Å². The van der Waals surface area contributed by atoms with Gasteiger partial charge in [-0.3, -0.25) is 4.79 Å². The molecule has 0 aliphatic rings. The Morgan fingerprint density at radius 3 is 2.33 bits per heavy atom. The highest BCUT2D eigenvalue weighted by Crippen LogP contribution is 2.17. The average Bonchev–Trinajstić information content (AvgIpc) is 2.42. The summed E-state index contributed by atoms with van der Waals surface area (Å²) in [6.45, 7) is 7.16. The van der Waals surface area contributed by atoms with Crippen molar-refractivity contribution in [2.75, 3.05) is 0 Å². The number of halogens is 1. The largest absolute Gasteiger partial charge is 0.478 e. The standard InChI is InChI=1S/C16H20ClNO3/c1-10(2)18(9-13-6-5-7-14(17)8-13)15(19)11(3)12(4)16(20)21/h5-8,10H,9H2,1-4H3,(H,20,21). The van der Waals surface area contributed by atoms with E-state index in [0.29, 0.717) is 11.6 Å². The van der Waals surface area contributed by atoms with Crippen molar-refractivity contribution in [3.8, 4) is 0 Å². The molecule has 0 saturated heterocycles. The summed E-state index contributed by atoms with van der Waals surface area (Å²) in [4.78, 5) is 25.1. The Kier molecular flexibility index (Phi) is 5.97. The second-order valence-corrected chi connectivity index (χ2v) is 5.65. The number of nitrogens with zero attached hydrogens (tertiary/aromatic N) is 1. The van der Waals surface area contributed by atoms with Crippen molar-refractivity contribution < 1.29 is 14.7 Å². The number of hydrogen-bond acceptors (Lipinski definition) is 2. The molecule has 4 nitrogen and oxygen atoms in total. The van der Waals surface area contributed by atoms with Gasteiger partial charge in [-0.25, -0.2) is 4.79 Å². The summed E-state index contributed by atoms with van der Waals surface area (Å²) in [6.07, 6.45) is 0. The molecule has 0 saturated carbocycles. The molecular formula is C16H20ClNO3. The molecule has 1 N–H and O–H groups in total. The number of carbonyl (C=O) groups excluding carboxylic acids is 1. The molecule has 114 valence electrons. The van der Waals surface area contributed by atoms with Crippen LogP contribution in [0.2, 0.25) is 5.02 Å². The van der Waals surface area contributed by atoms with Gasteiger partial charge in [0, 0.05) is 28.8 Å². The van der Waals surface area contributed by atoms with E-state index in [9.17, 15) is 9.59 Å². The normalized spacial score (nSPS) is 12.1. The molecule has 0 bridgehead atoms. The molecule has 0 radical (unpaired) electrons. The summed E-state index contributed by atoms with van der Waals surface area (Å²) in [5, 5.41) is 9.61. The molecule has 1 aromatic rings. The smallest absolute Gasteiger partial charge is 0.331 e. The van der Waals surface area contributed by atoms with E-state index in [1.165, 1.54) is 6.92 Å². The number of carboxylic acids is 1. The molecule has 0 aromatic heterocycles. The lowest BCUT2D eigenvalue weighted by molar-refractivity contribution is -0.134. The molecule has 0 aliphatic carbocycles. The molecule has 1 aromatic carbocycles. The van der Waals surface area contributed by atoms with Crippen LogP contribution < -0.4 is 0 Å². The monoisotopic (exact) mass is 309 g/mol. The highest BCUT2D eigenvalue weighted by atomic mass is 35.5. The van der Waals surface area contributed by atoms with Crippen molar-refractivity contribution in [3.63, 3.8) is 0 Å². The Bertz CT molecular complexity index is 579. The molecule has 21 heavy (non-hydrogen) atoms. The minimum absolute atomic E-state index is 0.0481. The van der Waals surface area contributed by atoms with Gasteiger partial charge in [-0.1, -0.05) is 23.7 Å². The lowest BCUT2D eigenvalue weighted by atomic mass is 10.1. The lowest BCUT2D eigenvalue weighted by Gasteiger charge is -2.27. The summed E-state index contributed by atoms with van der Waals surface area (Å²) in [7, 11) is 0. The van der Waals surface area contributed by atoms with Crippen LogP contribution in [-0.2, 0) is 16.1 Å². The van der Waals surface area contributed by atoms with Gasteiger partial charge < -0.3 is 10.0 Å². The Morgan fingerprint density at radius 1 is 1.24 bits per heavy atom. The number of carboxylic acid groups (broad SMARTS) is 1. The number of benzene rings is 1. The second kappa shape index (κ2) is 7.27. The van der Waals surface area contributed by atoms with Gasteiger partial charge in [0.25, 0.3) is 5.91 Å². The molecule has 1 amide bonds. The quantitative estimate of drug-likeness (QED) is 0.847. The minimum atomic E-state index is -1.08. The van der Waals surface area contributed by atoms with Crippen LogP contribution in [0.3, 0.4) is 0 Å². The van der Waals surface area contributed by atoms with E-state index in [2.05, 4.69) is 0 Å². The van der Waals surface area contributed by atoms with E-state index in [0.717, 1.165) is 5.56 Å². The maximum atomic E-state index is 12.5. The fourth-order valence-electron chi connectivity index (χ4n) is 1.86. The summed E-state index contributed by atoms with van der Waals surface area (Å²) < 4.78 is 0. The Balaban J connectivity index is 3.05. The van der Waals surface area contributed by atoms with Gasteiger partial charge >= 0.3 is 5.97 Å². The van der Waals surface area contributed by atoms with Gasteiger partial charge in [-0.2, -0.15) is 0 Å². The molecule has 0 unspecified atom stereocenters. The number of hydrogen-bond donors (Lipinski definition) is 1. The van der Waals surface area contributed by atoms with E-state index >= 15 is 0 Å². The van der Waals surface area contributed by atoms with Crippen LogP contribution in [0, 0.1) is 0 Å². The minimum Gasteiger partial charge on any atom is -0.478 e. The molecule has 0 fully saturated rings. The van der Waals surface area contributed by atoms with Gasteiger partial charge in [-0.15, -0.1) is 0 Å². The van der Waals surface area contributed by atoms with Crippen molar-refractivity contribution in [1.82, 2.24) is 4.90 Å². The summed E-state index contributed by atoms with van der Waals surface area (Å²) in [5.74, 6) is -1.35. The van der Waals surface area contributed by atoms with Crippen LogP contribution in [0.15, 0.2) is 35.4 Å². The first-order valence-corrected chi connectivity index (χ1v) is 7.08. The van der Waals surface area contributed by atoms with Crippen LogP contribution in [-0.4, -0.2) is 27.9 Å². The first-order valence-electron chi connectivity index (χ1n) is 6.70. The van der Waals surface area contributed by atoms with Crippen molar-refractivity contribution in [1.29, 1.82) is 0 Å². The Hall–Kier alpha value is -1.81. The molecule has 0 aliphatic heterocycles. The van der Waals surface area contributed by atoms with Crippen LogP contribution in [0.1, 0.15) is 33.3 Å². The predicted molar refractivity (Wildman–Crippen MR) is 83.1 cm³/mol. The van der Waals surface area contributed by atoms with Crippen LogP contribution in [0.25, 0.3) is 0 Å². The maximum Gasteiger partial charge on any atom is 0.331 e. The zero-order valence-corrected chi connectivity index (χ0v) is 13.4. The highest BCUT2D eigenvalue weighted by Gasteiger charge is 2.22. The number of aliphatic carboxylic acids is 1. The number of amides is 1. The van der Waals surface area contributed by atoms with Gasteiger partial charge in [0.05, 0.1) is 0 Å². The van der Waals surface area contributed by atoms with Gasteiger partial charge in [0.1, 0.15) is 0 Å². The molecule has 0 heterocycles. The van der Waals surface area contributed by atoms with Gasteiger partial charge in [0.15, 0.2) is 0 Å². The second-order valence-electron chi connectivity index (χ2n) is 5.21. The van der Waals surface area contributed by atoms with Crippen LogP contribution >= 0.6 is 11.6 Å². The van der Waals surface area contributed by atoms with E-state index in [-0.39, 0.29) is 23.1 Å². The molecule has 0 spiro atoms. The third-order valence-corrected chi connectivity index (χ3v) is 3.57. The van der Waals surface area contributed by atoms with Gasteiger partial charge in [0.2, 0.25) is 0 Å². The van der Waals surface area contributed by atoms with Gasteiger partial charge in [-0.05, 0) is 45.4 Å². The third-order valence-electron chi connectivity index (χ3n) is 3.33. The van der Waals surface area contributed by atoms with Crippen LogP contribution in [0.5, 0.6) is 0 Å². The first-order chi connectivity index (χ1) is 9.73. The van der Waals surface area contributed by atoms with E-state index < -0.39 is 5.97 Å². The summed E-state index contributed by atoms with van der Waals surface area (Å²) >= 11 is 5.95. The SMILES string of the molecule is CC(C(=O)O)=C(C)C(=O)N(Cc1cccc(Cl)c1)C(C)C. The first kappa shape index (κ1) is 17.2. The topological polar surface area (TPSA) is 57.6 Å². The summed E-state index contributed by atoms with van der Waals surface area (Å²) in [5.41, 5.74) is 1.22. The van der Waals surface area contributed by atoms with E-state index in [1.54, 1.807) is 24.0 Å².